The summed E-state index contributed by atoms with van der Waals surface area (Å²) in [5.41, 5.74) is 6.54. The molecule has 1 fully saturated rings. The van der Waals surface area contributed by atoms with Crippen LogP contribution in [0, 0.1) is 12.0 Å². The number of amides is 1. The lowest BCUT2D eigenvalue weighted by Gasteiger charge is -2.28. The second kappa shape index (κ2) is 5.61. The van der Waals surface area contributed by atoms with Crippen LogP contribution in [0.15, 0.2) is 12.1 Å². The van der Waals surface area contributed by atoms with Gasteiger partial charge in [-0.1, -0.05) is 11.3 Å². The van der Waals surface area contributed by atoms with Gasteiger partial charge in [-0.25, -0.2) is 4.98 Å². The molecule has 3 N–H and O–H groups in total. The van der Waals surface area contributed by atoms with Crippen molar-refractivity contribution >= 4 is 32.6 Å². The molecule has 2 atom stereocenters. The molecule has 2 aromatic rings. The Morgan fingerprint density at radius 2 is 2.43 bits per heavy atom. The number of rotatable bonds is 4. The van der Waals surface area contributed by atoms with Crippen molar-refractivity contribution in [1.29, 1.82) is 0 Å². The maximum atomic E-state index is 11.5. The fourth-order valence-corrected chi connectivity index (χ4v) is 3.82. The maximum absolute atomic E-state index is 11.5. The molecule has 21 heavy (non-hydrogen) atoms. The van der Waals surface area contributed by atoms with E-state index in [-0.39, 0.29) is 0 Å². The molecule has 1 aromatic carbocycles. The minimum Gasteiger partial charge on any atom is -0.366 e. The lowest BCUT2D eigenvalue weighted by atomic mass is 10.00. The largest absolute Gasteiger partial charge is 0.366 e. The summed E-state index contributed by atoms with van der Waals surface area (Å²) in [7, 11) is 2.06. The molecule has 1 aliphatic rings. The summed E-state index contributed by atoms with van der Waals surface area (Å²) in [5, 5.41) is 4.32. The highest BCUT2D eigenvalue weighted by Gasteiger charge is 2.26. The standard InChI is InChI=1S/C15H19N4OS/c1-9(10-6-7-17-8-10)19(2)15-18-13-11(14(16)20)4-3-5-12(13)21-15/h4-5,9-10,17H,6-8H2,1-2H3,(H2,16,20). The smallest absolute Gasteiger partial charge is 0.250 e. The average molecular weight is 303 g/mol. The minimum absolute atomic E-state index is 0.404. The van der Waals surface area contributed by atoms with Crippen molar-refractivity contribution in [2.24, 2.45) is 11.7 Å². The van der Waals surface area contributed by atoms with Gasteiger partial charge in [0.05, 0.1) is 15.8 Å². The number of benzene rings is 1. The Bertz CT molecular complexity index is 663. The second-order valence-corrected chi connectivity index (χ2v) is 6.56. The van der Waals surface area contributed by atoms with E-state index in [0.29, 0.717) is 23.0 Å². The van der Waals surface area contributed by atoms with Gasteiger partial charge in [-0.3, -0.25) is 4.79 Å². The predicted octanol–water partition coefficient (Wildman–Crippen LogP) is 1.63. The van der Waals surface area contributed by atoms with Crippen molar-refractivity contribution in [1.82, 2.24) is 10.3 Å². The Morgan fingerprint density at radius 3 is 3.10 bits per heavy atom. The normalized spacial score (nSPS) is 19.8. The van der Waals surface area contributed by atoms with E-state index < -0.39 is 5.91 Å². The van der Waals surface area contributed by atoms with Gasteiger partial charge in [0.1, 0.15) is 0 Å². The predicted molar refractivity (Wildman–Crippen MR) is 85.8 cm³/mol. The molecule has 1 radical (unpaired) electrons. The summed E-state index contributed by atoms with van der Waals surface area (Å²) >= 11 is 1.58. The first kappa shape index (κ1) is 14.3. The summed E-state index contributed by atoms with van der Waals surface area (Å²) in [6.45, 7) is 4.37. The van der Waals surface area contributed by atoms with E-state index >= 15 is 0 Å². The van der Waals surface area contributed by atoms with Crippen LogP contribution in [0.1, 0.15) is 23.7 Å². The zero-order valence-corrected chi connectivity index (χ0v) is 13.0. The van der Waals surface area contributed by atoms with E-state index in [4.69, 9.17) is 5.73 Å². The Morgan fingerprint density at radius 1 is 1.62 bits per heavy atom. The highest BCUT2D eigenvalue weighted by molar-refractivity contribution is 7.22. The number of anilines is 1. The highest BCUT2D eigenvalue weighted by atomic mass is 32.1. The van der Waals surface area contributed by atoms with Gasteiger partial charge in [0.25, 0.3) is 5.91 Å². The Balaban J connectivity index is 1.93. The molecule has 1 saturated heterocycles. The van der Waals surface area contributed by atoms with E-state index in [2.05, 4.69) is 35.2 Å². The third kappa shape index (κ3) is 2.61. The molecule has 6 heteroatoms. The van der Waals surface area contributed by atoms with Crippen LogP contribution in [0.4, 0.5) is 5.13 Å². The van der Waals surface area contributed by atoms with Gasteiger partial charge in [0.2, 0.25) is 0 Å². The van der Waals surface area contributed by atoms with Crippen molar-refractivity contribution in [2.75, 3.05) is 25.0 Å². The number of primary amides is 1. The number of hydrogen-bond acceptors (Lipinski definition) is 5. The van der Waals surface area contributed by atoms with Crippen LogP contribution in [0.5, 0.6) is 0 Å². The molecule has 1 aliphatic heterocycles. The van der Waals surface area contributed by atoms with Crippen LogP contribution < -0.4 is 16.0 Å². The van der Waals surface area contributed by atoms with Gasteiger partial charge < -0.3 is 16.0 Å². The molecule has 2 unspecified atom stereocenters. The van der Waals surface area contributed by atoms with Gasteiger partial charge in [-0.15, -0.1) is 0 Å². The van der Waals surface area contributed by atoms with Crippen LogP contribution in [0.3, 0.4) is 0 Å². The van der Waals surface area contributed by atoms with Crippen LogP contribution >= 0.6 is 11.3 Å². The molecule has 2 heterocycles. The third-order valence-corrected chi connectivity index (χ3v) is 5.39. The van der Waals surface area contributed by atoms with Crippen molar-refractivity contribution in [3.8, 4) is 0 Å². The topological polar surface area (TPSA) is 71.2 Å². The first-order chi connectivity index (χ1) is 10.1. The molecule has 1 aromatic heterocycles. The summed E-state index contributed by atoms with van der Waals surface area (Å²) < 4.78 is 0.949. The number of aromatic nitrogens is 1. The number of nitrogens with two attached hydrogens (primary N) is 1. The average Bonchev–Trinajstić information content (AvgIpc) is 3.13. The van der Waals surface area contributed by atoms with Crippen molar-refractivity contribution in [2.45, 2.75) is 19.4 Å². The number of fused-ring (bicyclic) bond motifs is 1. The Hall–Kier alpha value is -1.66. The SMILES string of the molecule is CC(C1CCNC1)N(C)c1nc2c(C(N)=O)c[c]cc2s1. The van der Waals surface area contributed by atoms with E-state index in [9.17, 15) is 4.79 Å². The summed E-state index contributed by atoms with van der Waals surface area (Å²) in [6, 6.07) is 6.84. The quantitative estimate of drug-likeness (QED) is 0.900. The summed E-state index contributed by atoms with van der Waals surface area (Å²) in [4.78, 5) is 18.3. The van der Waals surface area contributed by atoms with E-state index in [1.165, 1.54) is 6.42 Å². The lowest BCUT2D eigenvalue weighted by Crippen LogP contribution is -2.36. The molecule has 3 rings (SSSR count). The van der Waals surface area contributed by atoms with Crippen molar-refractivity contribution < 1.29 is 4.79 Å². The van der Waals surface area contributed by atoms with Gasteiger partial charge in [-0.2, -0.15) is 0 Å². The first-order valence-electron chi connectivity index (χ1n) is 7.12. The molecule has 1 amide bonds. The fraction of sp³-hybridized carbons (Fsp3) is 0.467. The zero-order valence-electron chi connectivity index (χ0n) is 12.2. The number of hydrogen-bond donors (Lipinski definition) is 2. The highest BCUT2D eigenvalue weighted by Crippen LogP contribution is 2.32. The molecular formula is C15H19N4OS. The van der Waals surface area contributed by atoms with Crippen molar-refractivity contribution in [3.05, 3.63) is 23.8 Å². The molecule has 0 bridgehead atoms. The minimum atomic E-state index is -0.454. The monoisotopic (exact) mass is 303 g/mol. The van der Waals surface area contributed by atoms with E-state index in [1.807, 2.05) is 6.07 Å². The Labute approximate surface area is 128 Å². The molecular weight excluding hydrogens is 284 g/mol. The van der Waals surface area contributed by atoms with Crippen molar-refractivity contribution in [3.63, 3.8) is 0 Å². The number of thiazole rings is 1. The van der Waals surface area contributed by atoms with Gasteiger partial charge in [-0.05, 0) is 50.6 Å². The molecule has 0 saturated carbocycles. The molecule has 111 valence electrons. The second-order valence-electron chi connectivity index (χ2n) is 5.55. The zero-order chi connectivity index (χ0) is 15.0. The number of carbonyl (C=O) groups is 1. The molecule has 0 aliphatic carbocycles. The van der Waals surface area contributed by atoms with Crippen LogP contribution in [-0.4, -0.2) is 37.1 Å². The number of nitrogens with one attached hydrogen (secondary N) is 1. The van der Waals surface area contributed by atoms with Gasteiger partial charge in [0.15, 0.2) is 5.13 Å². The maximum Gasteiger partial charge on any atom is 0.250 e. The van der Waals surface area contributed by atoms with Gasteiger partial charge in [0, 0.05) is 13.1 Å². The van der Waals surface area contributed by atoms with Gasteiger partial charge >= 0.3 is 0 Å². The van der Waals surface area contributed by atoms with Crippen LogP contribution in [0.25, 0.3) is 10.2 Å². The molecule has 0 spiro atoms. The summed E-state index contributed by atoms with van der Waals surface area (Å²) in [6.07, 6.45) is 1.19. The fourth-order valence-electron chi connectivity index (χ4n) is 2.80. The summed E-state index contributed by atoms with van der Waals surface area (Å²) in [5.74, 6) is 0.175. The Kier molecular flexibility index (Phi) is 3.82. The van der Waals surface area contributed by atoms with Crippen LogP contribution in [0.2, 0.25) is 0 Å². The molecule has 5 nitrogen and oxygen atoms in total. The number of carbonyl (C=O) groups excluding carboxylic acids is 1. The number of nitrogens with zero attached hydrogens (tertiary/aromatic N) is 2. The first-order valence-corrected chi connectivity index (χ1v) is 7.93. The third-order valence-electron chi connectivity index (χ3n) is 4.30. The van der Waals surface area contributed by atoms with Crippen LogP contribution in [-0.2, 0) is 0 Å². The van der Waals surface area contributed by atoms with E-state index in [1.54, 1.807) is 17.4 Å². The lowest BCUT2D eigenvalue weighted by molar-refractivity contribution is 0.100. The van der Waals surface area contributed by atoms with E-state index in [0.717, 1.165) is 22.9 Å².